The minimum Gasteiger partial charge on any atom is -0.404 e. The number of hydrogen-bond acceptors (Lipinski definition) is 6. The van der Waals surface area contributed by atoms with Crippen molar-refractivity contribution < 1.29 is 4.42 Å². The van der Waals surface area contributed by atoms with Gasteiger partial charge in [-0.15, -0.1) is 16.4 Å². The molecule has 0 saturated carbocycles. The van der Waals surface area contributed by atoms with Gasteiger partial charge in [0, 0.05) is 11.1 Å². The highest BCUT2D eigenvalue weighted by Crippen LogP contribution is 2.32. The zero-order valence-corrected chi connectivity index (χ0v) is 11.7. The standard InChI is InChI=1S/C15H10N4OS/c16-15-19-18-13(20-15)9-4-3-5-10(8-9)14-17-11-6-1-2-7-12(11)21-14/h1-8H,(H2,16,19). The van der Waals surface area contributed by atoms with E-state index in [-0.39, 0.29) is 6.01 Å². The van der Waals surface area contributed by atoms with Gasteiger partial charge in [-0.2, -0.15) is 0 Å². The van der Waals surface area contributed by atoms with Crippen molar-refractivity contribution in [3.05, 3.63) is 48.5 Å². The molecular weight excluding hydrogens is 284 g/mol. The summed E-state index contributed by atoms with van der Waals surface area (Å²) in [6, 6.07) is 16.0. The van der Waals surface area contributed by atoms with Gasteiger partial charge in [-0.1, -0.05) is 29.4 Å². The maximum Gasteiger partial charge on any atom is 0.313 e. The van der Waals surface area contributed by atoms with Crippen molar-refractivity contribution in [3.63, 3.8) is 0 Å². The van der Waals surface area contributed by atoms with E-state index in [2.05, 4.69) is 21.2 Å². The van der Waals surface area contributed by atoms with Crippen molar-refractivity contribution in [1.29, 1.82) is 0 Å². The molecule has 102 valence electrons. The van der Waals surface area contributed by atoms with E-state index in [0.717, 1.165) is 21.7 Å². The smallest absolute Gasteiger partial charge is 0.313 e. The maximum atomic E-state index is 5.47. The summed E-state index contributed by atoms with van der Waals surface area (Å²) in [4.78, 5) is 4.65. The molecule has 0 spiro atoms. The lowest BCUT2D eigenvalue weighted by Gasteiger charge is -1.98. The topological polar surface area (TPSA) is 77.8 Å². The predicted octanol–water partition coefficient (Wildman–Crippen LogP) is 3.60. The Morgan fingerprint density at radius 1 is 0.952 bits per heavy atom. The van der Waals surface area contributed by atoms with Crippen LogP contribution < -0.4 is 5.73 Å². The van der Waals surface area contributed by atoms with E-state index in [4.69, 9.17) is 10.2 Å². The Labute approximate surface area is 124 Å². The number of nitrogens with zero attached hydrogens (tertiary/aromatic N) is 3. The van der Waals surface area contributed by atoms with Gasteiger partial charge in [-0.05, 0) is 24.3 Å². The molecule has 2 heterocycles. The van der Waals surface area contributed by atoms with Crippen LogP contribution in [0, 0.1) is 0 Å². The first-order chi connectivity index (χ1) is 10.3. The molecule has 2 N–H and O–H groups in total. The second-order valence-electron chi connectivity index (χ2n) is 4.51. The zero-order chi connectivity index (χ0) is 14.2. The molecule has 0 saturated heterocycles. The fourth-order valence-electron chi connectivity index (χ4n) is 2.13. The van der Waals surface area contributed by atoms with Gasteiger partial charge >= 0.3 is 6.01 Å². The van der Waals surface area contributed by atoms with Gasteiger partial charge < -0.3 is 10.2 Å². The second kappa shape index (κ2) is 4.68. The molecular formula is C15H10N4OS. The fraction of sp³-hybridized carbons (Fsp3) is 0. The third kappa shape index (κ3) is 2.15. The minimum atomic E-state index is 0.0652. The summed E-state index contributed by atoms with van der Waals surface area (Å²) < 4.78 is 6.42. The molecule has 5 nitrogen and oxygen atoms in total. The van der Waals surface area contributed by atoms with Crippen LogP contribution in [0.15, 0.2) is 52.9 Å². The largest absolute Gasteiger partial charge is 0.404 e. The third-order valence-electron chi connectivity index (χ3n) is 3.09. The van der Waals surface area contributed by atoms with Crippen molar-refractivity contribution in [2.45, 2.75) is 0 Å². The van der Waals surface area contributed by atoms with E-state index in [1.54, 1.807) is 11.3 Å². The molecule has 0 atom stereocenters. The first-order valence-corrected chi connectivity index (χ1v) is 7.16. The molecule has 0 amide bonds. The fourth-order valence-corrected chi connectivity index (χ4v) is 3.09. The number of benzene rings is 2. The molecule has 0 aliphatic heterocycles. The Morgan fingerprint density at radius 3 is 2.62 bits per heavy atom. The van der Waals surface area contributed by atoms with Gasteiger partial charge in [0.15, 0.2) is 0 Å². The lowest BCUT2D eigenvalue weighted by molar-refractivity contribution is 0.590. The Morgan fingerprint density at radius 2 is 1.81 bits per heavy atom. The summed E-state index contributed by atoms with van der Waals surface area (Å²) in [5.74, 6) is 0.412. The molecule has 4 aromatic rings. The van der Waals surface area contributed by atoms with Crippen LogP contribution in [0.3, 0.4) is 0 Å². The molecule has 6 heteroatoms. The summed E-state index contributed by atoms with van der Waals surface area (Å²) in [5.41, 5.74) is 8.32. The Hall–Kier alpha value is -2.73. The predicted molar refractivity (Wildman–Crippen MR) is 82.8 cm³/mol. The second-order valence-corrected chi connectivity index (χ2v) is 5.54. The average Bonchev–Trinajstić information content (AvgIpc) is 3.13. The molecule has 0 bridgehead atoms. The average molecular weight is 294 g/mol. The summed E-state index contributed by atoms with van der Waals surface area (Å²) in [6.45, 7) is 0. The van der Waals surface area contributed by atoms with Gasteiger partial charge in [0.1, 0.15) is 5.01 Å². The van der Waals surface area contributed by atoms with Crippen molar-refractivity contribution in [1.82, 2.24) is 15.2 Å². The zero-order valence-electron chi connectivity index (χ0n) is 10.9. The van der Waals surface area contributed by atoms with Gasteiger partial charge in [0.05, 0.1) is 10.2 Å². The number of rotatable bonds is 2. The Kier molecular flexibility index (Phi) is 2.68. The highest BCUT2D eigenvalue weighted by atomic mass is 32.1. The third-order valence-corrected chi connectivity index (χ3v) is 4.18. The molecule has 0 fully saturated rings. The first kappa shape index (κ1) is 12.0. The van der Waals surface area contributed by atoms with Crippen LogP contribution in [-0.2, 0) is 0 Å². The molecule has 0 aliphatic carbocycles. The van der Waals surface area contributed by atoms with Gasteiger partial charge in [-0.3, -0.25) is 0 Å². The van der Waals surface area contributed by atoms with Crippen LogP contribution in [0.2, 0.25) is 0 Å². The molecule has 0 unspecified atom stereocenters. The quantitative estimate of drug-likeness (QED) is 0.611. The lowest BCUT2D eigenvalue weighted by atomic mass is 10.1. The van der Waals surface area contributed by atoms with E-state index >= 15 is 0 Å². The summed E-state index contributed by atoms with van der Waals surface area (Å²) >= 11 is 1.66. The molecule has 2 aromatic carbocycles. The van der Waals surface area contributed by atoms with Crippen molar-refractivity contribution in [2.24, 2.45) is 0 Å². The SMILES string of the molecule is Nc1nnc(-c2cccc(-c3nc4ccccc4s3)c2)o1. The van der Waals surface area contributed by atoms with E-state index in [1.807, 2.05) is 42.5 Å². The monoisotopic (exact) mass is 294 g/mol. The van der Waals surface area contributed by atoms with Gasteiger partial charge in [0.25, 0.3) is 0 Å². The van der Waals surface area contributed by atoms with Gasteiger partial charge in [-0.25, -0.2) is 4.98 Å². The highest BCUT2D eigenvalue weighted by molar-refractivity contribution is 7.21. The number of thiazole rings is 1. The molecule has 0 aliphatic rings. The number of nitrogens with two attached hydrogens (primary N) is 1. The molecule has 4 rings (SSSR count). The van der Waals surface area contributed by atoms with Crippen molar-refractivity contribution in [2.75, 3.05) is 5.73 Å². The summed E-state index contributed by atoms with van der Waals surface area (Å²) in [7, 11) is 0. The number of nitrogen functional groups attached to an aromatic ring is 1. The number of anilines is 1. The van der Waals surface area contributed by atoms with Crippen molar-refractivity contribution in [3.8, 4) is 22.0 Å². The van der Waals surface area contributed by atoms with E-state index in [0.29, 0.717) is 5.89 Å². The van der Waals surface area contributed by atoms with E-state index < -0.39 is 0 Å². The molecule has 0 radical (unpaired) electrons. The molecule has 2 aromatic heterocycles. The van der Waals surface area contributed by atoms with Crippen LogP contribution in [0.4, 0.5) is 6.01 Å². The normalized spacial score (nSPS) is 11.0. The molecule has 21 heavy (non-hydrogen) atoms. The first-order valence-electron chi connectivity index (χ1n) is 6.35. The Balaban J connectivity index is 1.81. The summed E-state index contributed by atoms with van der Waals surface area (Å²) in [5, 5.41) is 8.55. The number of fused-ring (bicyclic) bond motifs is 1. The van der Waals surface area contributed by atoms with Crippen molar-refractivity contribution >= 4 is 27.6 Å². The van der Waals surface area contributed by atoms with Crippen LogP contribution in [-0.4, -0.2) is 15.2 Å². The van der Waals surface area contributed by atoms with E-state index in [1.165, 1.54) is 4.70 Å². The number of para-hydroxylation sites is 1. The van der Waals surface area contributed by atoms with Crippen LogP contribution in [0.1, 0.15) is 0 Å². The van der Waals surface area contributed by atoms with Crippen LogP contribution >= 0.6 is 11.3 Å². The Bertz CT molecular complexity index is 895. The summed E-state index contributed by atoms with van der Waals surface area (Å²) in [6.07, 6.45) is 0. The van der Waals surface area contributed by atoms with Gasteiger partial charge in [0.2, 0.25) is 5.89 Å². The lowest BCUT2D eigenvalue weighted by Crippen LogP contribution is -1.81. The maximum absolute atomic E-state index is 5.47. The van der Waals surface area contributed by atoms with Crippen LogP contribution in [0.25, 0.3) is 32.2 Å². The minimum absolute atomic E-state index is 0.0652. The number of hydrogen-bond donors (Lipinski definition) is 1. The van der Waals surface area contributed by atoms with E-state index in [9.17, 15) is 0 Å². The number of aromatic nitrogens is 3. The van der Waals surface area contributed by atoms with Crippen LogP contribution in [0.5, 0.6) is 0 Å². The highest BCUT2D eigenvalue weighted by Gasteiger charge is 2.10.